The number of carbonyl (C=O) groups excluding carboxylic acids is 2. The lowest BCUT2D eigenvalue weighted by atomic mass is 9.95. The van der Waals surface area contributed by atoms with Gasteiger partial charge in [-0.15, -0.1) is 0 Å². The monoisotopic (exact) mass is 391 g/mol. The fourth-order valence-corrected chi connectivity index (χ4v) is 3.87. The van der Waals surface area contributed by atoms with Crippen LogP contribution in [0.15, 0.2) is 65.9 Å². The quantitative estimate of drug-likeness (QED) is 0.763. The van der Waals surface area contributed by atoms with Crippen LogP contribution >= 0.6 is 0 Å². The van der Waals surface area contributed by atoms with Gasteiger partial charge in [0.15, 0.2) is 0 Å². The lowest BCUT2D eigenvalue weighted by molar-refractivity contribution is -0.140. The Balaban J connectivity index is 1.54. The molecule has 1 fully saturated rings. The molecule has 2 amide bonds. The van der Waals surface area contributed by atoms with Crippen molar-refractivity contribution in [3.05, 3.63) is 77.0 Å². The Kier molecular flexibility index (Phi) is 5.51. The standard InChI is InChI=1S/C23H25N3O3/c1-16-20(22(27)29-15-17-7-3-2-4-8-17)21(25-23(28)24-16)18-9-11-19(12-10-18)26-13-5-6-14-26/h2-4,7-12,21H,5-6,13-15H2,1H3,(H2,24,25,28). The van der Waals surface area contributed by atoms with E-state index in [-0.39, 0.29) is 12.6 Å². The second-order valence-corrected chi connectivity index (χ2v) is 7.42. The molecule has 2 aromatic carbocycles. The molecule has 0 radical (unpaired) electrons. The van der Waals surface area contributed by atoms with E-state index in [1.54, 1.807) is 6.92 Å². The highest BCUT2D eigenvalue weighted by molar-refractivity contribution is 5.95. The second kappa shape index (κ2) is 8.39. The molecule has 2 aliphatic rings. The molecule has 1 saturated heterocycles. The lowest BCUT2D eigenvalue weighted by Gasteiger charge is -2.28. The maximum atomic E-state index is 12.9. The summed E-state index contributed by atoms with van der Waals surface area (Å²) in [4.78, 5) is 27.3. The van der Waals surface area contributed by atoms with Crippen LogP contribution in [-0.4, -0.2) is 25.1 Å². The van der Waals surface area contributed by atoms with E-state index in [2.05, 4.69) is 27.7 Å². The number of hydrogen-bond acceptors (Lipinski definition) is 4. The van der Waals surface area contributed by atoms with E-state index >= 15 is 0 Å². The number of amides is 2. The normalized spacial score (nSPS) is 19.0. The summed E-state index contributed by atoms with van der Waals surface area (Å²) in [7, 11) is 0. The van der Waals surface area contributed by atoms with Gasteiger partial charge in [0.1, 0.15) is 6.61 Å². The number of nitrogens with one attached hydrogen (secondary N) is 2. The zero-order valence-electron chi connectivity index (χ0n) is 16.5. The molecule has 4 rings (SSSR count). The van der Waals surface area contributed by atoms with Crippen LogP contribution < -0.4 is 15.5 Å². The Morgan fingerprint density at radius 2 is 1.76 bits per heavy atom. The molecule has 1 atom stereocenters. The van der Waals surface area contributed by atoms with Gasteiger partial charge >= 0.3 is 12.0 Å². The molecule has 2 aliphatic heterocycles. The molecule has 0 spiro atoms. The molecule has 2 N–H and O–H groups in total. The first-order valence-electron chi connectivity index (χ1n) is 9.96. The Bertz CT molecular complexity index is 916. The molecule has 29 heavy (non-hydrogen) atoms. The van der Waals surface area contributed by atoms with Crippen molar-refractivity contribution < 1.29 is 14.3 Å². The largest absolute Gasteiger partial charge is 0.457 e. The predicted molar refractivity (Wildman–Crippen MR) is 111 cm³/mol. The van der Waals surface area contributed by atoms with Gasteiger partial charge in [0.05, 0.1) is 11.6 Å². The Morgan fingerprint density at radius 3 is 2.45 bits per heavy atom. The maximum absolute atomic E-state index is 12.9. The Morgan fingerprint density at radius 1 is 1.07 bits per heavy atom. The van der Waals surface area contributed by atoms with Gasteiger partial charge < -0.3 is 20.3 Å². The van der Waals surface area contributed by atoms with Gasteiger partial charge in [0, 0.05) is 24.5 Å². The van der Waals surface area contributed by atoms with Gasteiger partial charge in [0.2, 0.25) is 0 Å². The molecule has 150 valence electrons. The van der Waals surface area contributed by atoms with Crippen molar-refractivity contribution in [3.8, 4) is 0 Å². The first-order chi connectivity index (χ1) is 14.1. The molecule has 0 aliphatic carbocycles. The van der Waals surface area contributed by atoms with Crippen LogP contribution in [0.25, 0.3) is 0 Å². The van der Waals surface area contributed by atoms with Crippen molar-refractivity contribution in [2.45, 2.75) is 32.4 Å². The van der Waals surface area contributed by atoms with Crippen molar-refractivity contribution in [2.24, 2.45) is 0 Å². The first kappa shape index (κ1) is 19.1. The number of urea groups is 1. The third kappa shape index (κ3) is 4.26. The zero-order chi connectivity index (χ0) is 20.2. The number of carbonyl (C=O) groups is 2. The molecule has 2 aromatic rings. The van der Waals surface area contributed by atoms with E-state index in [0.29, 0.717) is 11.3 Å². The molecule has 2 heterocycles. The number of esters is 1. The molecule has 1 unspecified atom stereocenters. The average molecular weight is 391 g/mol. The zero-order valence-corrected chi connectivity index (χ0v) is 16.5. The second-order valence-electron chi connectivity index (χ2n) is 7.42. The third-order valence-corrected chi connectivity index (χ3v) is 5.40. The van der Waals surface area contributed by atoms with Crippen LogP contribution in [0.1, 0.15) is 36.9 Å². The van der Waals surface area contributed by atoms with Crippen LogP contribution in [0.2, 0.25) is 0 Å². The average Bonchev–Trinajstić information content (AvgIpc) is 3.27. The van der Waals surface area contributed by atoms with Crippen LogP contribution in [0.4, 0.5) is 10.5 Å². The van der Waals surface area contributed by atoms with E-state index in [4.69, 9.17) is 4.74 Å². The van der Waals surface area contributed by atoms with E-state index < -0.39 is 12.0 Å². The fourth-order valence-electron chi connectivity index (χ4n) is 3.87. The Hall–Kier alpha value is -3.28. The summed E-state index contributed by atoms with van der Waals surface area (Å²) in [6.07, 6.45) is 2.43. The summed E-state index contributed by atoms with van der Waals surface area (Å²) in [6.45, 7) is 4.05. The molecule has 6 heteroatoms. The summed E-state index contributed by atoms with van der Waals surface area (Å²) in [5.74, 6) is -0.438. The number of rotatable bonds is 5. The molecule has 0 bridgehead atoms. The SMILES string of the molecule is CC1=C(C(=O)OCc2ccccc2)C(c2ccc(N3CCCC3)cc2)NC(=O)N1. The predicted octanol–water partition coefficient (Wildman–Crippen LogP) is 3.66. The van der Waals surface area contributed by atoms with E-state index in [0.717, 1.165) is 24.2 Å². The van der Waals surface area contributed by atoms with Gasteiger partial charge in [-0.2, -0.15) is 0 Å². The number of ether oxygens (including phenoxy) is 1. The summed E-state index contributed by atoms with van der Waals surface area (Å²) < 4.78 is 5.53. The van der Waals surface area contributed by atoms with Crippen LogP contribution in [0.5, 0.6) is 0 Å². The number of benzene rings is 2. The summed E-state index contributed by atoms with van der Waals surface area (Å²) >= 11 is 0. The maximum Gasteiger partial charge on any atom is 0.338 e. The van der Waals surface area contributed by atoms with Crippen molar-refractivity contribution in [1.82, 2.24) is 10.6 Å². The molecule has 0 aromatic heterocycles. The van der Waals surface area contributed by atoms with Crippen LogP contribution in [0.3, 0.4) is 0 Å². The number of nitrogens with zero attached hydrogens (tertiary/aromatic N) is 1. The van der Waals surface area contributed by atoms with Crippen molar-refractivity contribution in [2.75, 3.05) is 18.0 Å². The number of allylic oxidation sites excluding steroid dienone is 1. The van der Waals surface area contributed by atoms with Crippen LogP contribution in [0, 0.1) is 0 Å². The van der Waals surface area contributed by atoms with E-state index in [9.17, 15) is 9.59 Å². The minimum Gasteiger partial charge on any atom is -0.457 e. The fraction of sp³-hybridized carbons (Fsp3) is 0.304. The van der Waals surface area contributed by atoms with Gasteiger partial charge in [-0.05, 0) is 43.0 Å². The third-order valence-electron chi connectivity index (χ3n) is 5.40. The number of hydrogen-bond donors (Lipinski definition) is 2. The van der Waals surface area contributed by atoms with Crippen molar-refractivity contribution in [3.63, 3.8) is 0 Å². The van der Waals surface area contributed by atoms with Gasteiger partial charge in [-0.1, -0.05) is 42.5 Å². The van der Waals surface area contributed by atoms with E-state index in [1.807, 2.05) is 42.5 Å². The molecular formula is C23H25N3O3. The smallest absolute Gasteiger partial charge is 0.338 e. The lowest BCUT2D eigenvalue weighted by Crippen LogP contribution is -2.45. The first-order valence-corrected chi connectivity index (χ1v) is 9.96. The number of anilines is 1. The van der Waals surface area contributed by atoms with Crippen molar-refractivity contribution >= 4 is 17.7 Å². The minimum absolute atomic E-state index is 0.186. The van der Waals surface area contributed by atoms with Gasteiger partial charge in [-0.25, -0.2) is 9.59 Å². The summed E-state index contributed by atoms with van der Waals surface area (Å²) in [6, 6.07) is 16.7. The van der Waals surface area contributed by atoms with Crippen LogP contribution in [-0.2, 0) is 16.1 Å². The summed E-state index contributed by atoms with van der Waals surface area (Å²) in [5.41, 5.74) is 3.88. The van der Waals surface area contributed by atoms with Gasteiger partial charge in [-0.3, -0.25) is 0 Å². The van der Waals surface area contributed by atoms with E-state index in [1.165, 1.54) is 18.5 Å². The highest BCUT2D eigenvalue weighted by Gasteiger charge is 2.32. The summed E-state index contributed by atoms with van der Waals surface area (Å²) in [5, 5.41) is 5.54. The topological polar surface area (TPSA) is 70.7 Å². The van der Waals surface area contributed by atoms with Crippen molar-refractivity contribution in [1.29, 1.82) is 0 Å². The van der Waals surface area contributed by atoms with Gasteiger partial charge in [0.25, 0.3) is 0 Å². The minimum atomic E-state index is -0.542. The molecule has 6 nitrogen and oxygen atoms in total. The molecular weight excluding hydrogens is 366 g/mol. The highest BCUT2D eigenvalue weighted by atomic mass is 16.5. The molecule has 0 saturated carbocycles. The highest BCUT2D eigenvalue weighted by Crippen LogP contribution is 2.30. The Labute approximate surface area is 170 Å².